The molecule has 28 heavy (non-hydrogen) atoms. The summed E-state index contributed by atoms with van der Waals surface area (Å²) in [7, 11) is 1.52. The van der Waals surface area contributed by atoms with E-state index in [4.69, 9.17) is 0 Å². The Morgan fingerprint density at radius 1 is 1.00 bits per heavy atom. The fourth-order valence-electron chi connectivity index (χ4n) is 2.47. The van der Waals surface area contributed by atoms with Crippen LogP contribution < -0.4 is 10.6 Å². The van der Waals surface area contributed by atoms with Crippen LogP contribution in [0.1, 0.15) is 39.6 Å². The topological polar surface area (TPSA) is 115 Å². The normalized spacial score (nSPS) is 11.7. The van der Waals surface area contributed by atoms with Gasteiger partial charge < -0.3 is 10.6 Å². The second-order valence-corrected chi connectivity index (χ2v) is 7.56. The SMILES string of the molecule is CNC(=O)c1cc(-n2ncnc2[C@H](C)NC(=O)c2cc(Br)cc(Br)c2)ncn1. The van der Waals surface area contributed by atoms with Crippen LogP contribution >= 0.6 is 31.9 Å². The Balaban J connectivity index is 1.85. The smallest absolute Gasteiger partial charge is 0.269 e. The monoisotopic (exact) mass is 507 g/mol. The van der Waals surface area contributed by atoms with E-state index in [0.717, 1.165) is 8.95 Å². The van der Waals surface area contributed by atoms with Gasteiger partial charge in [0.25, 0.3) is 11.8 Å². The third-order valence-electron chi connectivity index (χ3n) is 3.76. The lowest BCUT2D eigenvalue weighted by atomic mass is 10.2. The molecular formula is C17H15Br2N7O2. The molecule has 2 aromatic heterocycles. The molecule has 1 atom stereocenters. The molecule has 0 bridgehead atoms. The summed E-state index contributed by atoms with van der Waals surface area (Å²) < 4.78 is 3.02. The number of carbonyl (C=O) groups excluding carboxylic acids is 2. The first-order valence-corrected chi connectivity index (χ1v) is 9.69. The predicted octanol–water partition coefficient (Wildman–Crippen LogP) is 2.43. The summed E-state index contributed by atoms with van der Waals surface area (Å²) in [5.74, 6) is 0.223. The van der Waals surface area contributed by atoms with E-state index in [1.54, 1.807) is 19.1 Å². The van der Waals surface area contributed by atoms with Crippen LogP contribution in [0.3, 0.4) is 0 Å². The molecular weight excluding hydrogens is 494 g/mol. The van der Waals surface area contributed by atoms with Crippen molar-refractivity contribution in [2.75, 3.05) is 7.05 Å². The lowest BCUT2D eigenvalue weighted by molar-refractivity contribution is 0.0935. The van der Waals surface area contributed by atoms with E-state index in [1.165, 1.54) is 30.5 Å². The number of benzene rings is 1. The maximum atomic E-state index is 12.6. The summed E-state index contributed by atoms with van der Waals surface area (Å²) >= 11 is 6.74. The number of amides is 2. The highest BCUT2D eigenvalue weighted by molar-refractivity contribution is 9.11. The minimum atomic E-state index is -0.467. The molecule has 0 aliphatic heterocycles. The maximum Gasteiger partial charge on any atom is 0.269 e. The molecule has 0 aliphatic rings. The summed E-state index contributed by atoms with van der Waals surface area (Å²) in [5, 5.41) is 9.55. The molecule has 3 aromatic rings. The standard InChI is InChI=1S/C17H15Br2N7O2/c1-9(25-16(27)10-3-11(18)5-12(19)4-10)15-23-8-24-26(15)14-6-13(17(28)20-2)21-7-22-14/h3-9H,1-2H3,(H,20,28)(H,25,27)/t9-/m0/s1. The van der Waals surface area contributed by atoms with E-state index in [0.29, 0.717) is 17.2 Å². The zero-order chi connectivity index (χ0) is 20.3. The zero-order valence-corrected chi connectivity index (χ0v) is 18.0. The Bertz CT molecular complexity index is 1020. The van der Waals surface area contributed by atoms with Gasteiger partial charge in [-0.1, -0.05) is 31.9 Å². The molecule has 2 amide bonds. The van der Waals surface area contributed by atoms with E-state index in [2.05, 4.69) is 62.5 Å². The molecule has 144 valence electrons. The van der Waals surface area contributed by atoms with E-state index in [-0.39, 0.29) is 17.5 Å². The molecule has 1 aromatic carbocycles. The molecule has 0 unspecified atom stereocenters. The van der Waals surface area contributed by atoms with E-state index < -0.39 is 6.04 Å². The van der Waals surface area contributed by atoms with Crippen molar-refractivity contribution in [1.29, 1.82) is 0 Å². The van der Waals surface area contributed by atoms with Crippen molar-refractivity contribution in [2.45, 2.75) is 13.0 Å². The molecule has 0 spiro atoms. The maximum absolute atomic E-state index is 12.6. The van der Waals surface area contributed by atoms with Gasteiger partial charge in [-0.3, -0.25) is 9.59 Å². The van der Waals surface area contributed by atoms with Gasteiger partial charge in [0.05, 0.1) is 6.04 Å². The molecule has 0 radical (unpaired) electrons. The molecule has 3 rings (SSSR count). The number of halogens is 2. The summed E-state index contributed by atoms with van der Waals surface area (Å²) in [5.41, 5.74) is 0.688. The lowest BCUT2D eigenvalue weighted by Crippen LogP contribution is -2.29. The molecule has 11 heteroatoms. The average molecular weight is 509 g/mol. The van der Waals surface area contributed by atoms with Crippen LogP contribution in [0, 0.1) is 0 Å². The van der Waals surface area contributed by atoms with Gasteiger partial charge in [0.2, 0.25) is 0 Å². The Morgan fingerprint density at radius 2 is 1.71 bits per heavy atom. The number of aromatic nitrogens is 5. The van der Waals surface area contributed by atoms with Crippen molar-refractivity contribution >= 4 is 43.7 Å². The van der Waals surface area contributed by atoms with Gasteiger partial charge in [-0.2, -0.15) is 9.78 Å². The number of rotatable bonds is 5. The van der Waals surface area contributed by atoms with E-state index in [9.17, 15) is 9.59 Å². The number of hydrogen-bond acceptors (Lipinski definition) is 6. The number of nitrogens with one attached hydrogen (secondary N) is 2. The first-order chi connectivity index (χ1) is 13.4. The van der Waals surface area contributed by atoms with Gasteiger partial charge in [-0.05, 0) is 25.1 Å². The second kappa shape index (κ2) is 8.57. The summed E-state index contributed by atoms with van der Waals surface area (Å²) in [6, 6.07) is 6.31. The largest absolute Gasteiger partial charge is 0.354 e. The number of nitrogens with zero attached hydrogens (tertiary/aromatic N) is 5. The van der Waals surface area contributed by atoms with Crippen LogP contribution in [-0.2, 0) is 0 Å². The van der Waals surface area contributed by atoms with Crippen molar-refractivity contribution in [1.82, 2.24) is 35.4 Å². The van der Waals surface area contributed by atoms with Crippen LogP contribution in [0.2, 0.25) is 0 Å². The van der Waals surface area contributed by atoms with Gasteiger partial charge in [0.1, 0.15) is 18.3 Å². The zero-order valence-electron chi connectivity index (χ0n) is 14.8. The number of carbonyl (C=O) groups is 2. The van der Waals surface area contributed by atoms with Crippen molar-refractivity contribution in [3.63, 3.8) is 0 Å². The second-order valence-electron chi connectivity index (χ2n) is 5.72. The first-order valence-electron chi connectivity index (χ1n) is 8.10. The molecule has 2 heterocycles. The Morgan fingerprint density at radius 3 is 2.39 bits per heavy atom. The van der Waals surface area contributed by atoms with Crippen molar-refractivity contribution in [3.8, 4) is 5.82 Å². The number of hydrogen-bond donors (Lipinski definition) is 2. The Kier molecular flexibility index (Phi) is 6.15. The fraction of sp³-hybridized carbons (Fsp3) is 0.176. The Labute approximate surface area is 177 Å². The Hall–Kier alpha value is -2.66. The molecule has 2 N–H and O–H groups in total. The van der Waals surface area contributed by atoms with Gasteiger partial charge in [0, 0.05) is 27.6 Å². The predicted molar refractivity (Wildman–Crippen MR) is 108 cm³/mol. The minimum absolute atomic E-state index is 0.199. The van der Waals surface area contributed by atoms with Gasteiger partial charge in [0.15, 0.2) is 11.6 Å². The fourth-order valence-corrected chi connectivity index (χ4v) is 3.76. The van der Waals surface area contributed by atoms with E-state index >= 15 is 0 Å². The van der Waals surface area contributed by atoms with Crippen LogP contribution in [0.4, 0.5) is 0 Å². The van der Waals surface area contributed by atoms with E-state index in [1.807, 2.05) is 6.07 Å². The summed E-state index contributed by atoms with van der Waals surface area (Å²) in [6.07, 6.45) is 2.63. The van der Waals surface area contributed by atoms with Gasteiger partial charge in [-0.25, -0.2) is 15.0 Å². The van der Waals surface area contributed by atoms with Crippen molar-refractivity contribution in [2.24, 2.45) is 0 Å². The third kappa shape index (κ3) is 4.42. The van der Waals surface area contributed by atoms with Crippen molar-refractivity contribution < 1.29 is 9.59 Å². The van der Waals surface area contributed by atoms with Gasteiger partial charge in [-0.15, -0.1) is 0 Å². The highest BCUT2D eigenvalue weighted by Gasteiger charge is 2.19. The van der Waals surface area contributed by atoms with Crippen LogP contribution in [0.5, 0.6) is 0 Å². The van der Waals surface area contributed by atoms with Crippen LogP contribution in [0.15, 0.2) is 45.9 Å². The molecule has 0 saturated carbocycles. The molecule has 9 nitrogen and oxygen atoms in total. The summed E-state index contributed by atoms with van der Waals surface area (Å²) in [4.78, 5) is 36.7. The van der Waals surface area contributed by atoms with Crippen LogP contribution in [-0.4, -0.2) is 43.6 Å². The van der Waals surface area contributed by atoms with Crippen molar-refractivity contribution in [3.05, 3.63) is 62.9 Å². The average Bonchev–Trinajstić information content (AvgIpc) is 3.16. The molecule has 0 fully saturated rings. The molecule has 0 saturated heterocycles. The minimum Gasteiger partial charge on any atom is -0.354 e. The quantitative estimate of drug-likeness (QED) is 0.547. The highest BCUT2D eigenvalue weighted by Crippen LogP contribution is 2.21. The first kappa shape index (κ1) is 20.1. The highest BCUT2D eigenvalue weighted by atomic mass is 79.9. The van der Waals surface area contributed by atoms with Crippen LogP contribution in [0.25, 0.3) is 5.82 Å². The molecule has 0 aliphatic carbocycles. The third-order valence-corrected chi connectivity index (χ3v) is 4.68. The summed E-state index contributed by atoms with van der Waals surface area (Å²) in [6.45, 7) is 1.78. The lowest BCUT2D eigenvalue weighted by Gasteiger charge is -2.15. The van der Waals surface area contributed by atoms with Gasteiger partial charge >= 0.3 is 0 Å².